The first-order valence-electron chi connectivity index (χ1n) is 5.20. The lowest BCUT2D eigenvalue weighted by molar-refractivity contribution is 0.0596. The summed E-state index contributed by atoms with van der Waals surface area (Å²) in [6, 6.07) is 3.36. The molecule has 1 atom stereocenters. The highest BCUT2D eigenvalue weighted by atomic mass is 35.5. The van der Waals surface area contributed by atoms with Gasteiger partial charge < -0.3 is 9.47 Å². The van der Waals surface area contributed by atoms with Gasteiger partial charge in [-0.05, 0) is 19.9 Å². The molecular formula is C12H14Cl2O3. The second kappa shape index (κ2) is 6.12. The summed E-state index contributed by atoms with van der Waals surface area (Å²) in [5.41, 5.74) is 0.944. The van der Waals surface area contributed by atoms with E-state index in [9.17, 15) is 4.79 Å². The van der Waals surface area contributed by atoms with Gasteiger partial charge >= 0.3 is 5.97 Å². The summed E-state index contributed by atoms with van der Waals surface area (Å²) < 4.78 is 10.2. The molecular weight excluding hydrogens is 263 g/mol. The topological polar surface area (TPSA) is 35.5 Å². The van der Waals surface area contributed by atoms with Crippen LogP contribution in [0.15, 0.2) is 12.1 Å². The molecule has 0 saturated carbocycles. The Morgan fingerprint density at radius 2 is 2.12 bits per heavy atom. The molecule has 1 aromatic rings. The highest BCUT2D eigenvalue weighted by Crippen LogP contribution is 2.36. The van der Waals surface area contributed by atoms with Crippen molar-refractivity contribution in [3.05, 3.63) is 28.3 Å². The number of benzene rings is 1. The smallest absolute Gasteiger partial charge is 0.343 e. The number of halogens is 2. The molecule has 94 valence electrons. The van der Waals surface area contributed by atoms with Crippen LogP contribution in [0.5, 0.6) is 5.75 Å². The Balaban J connectivity index is 3.42. The van der Waals surface area contributed by atoms with Crippen LogP contribution >= 0.6 is 23.2 Å². The second-order valence-corrected chi connectivity index (χ2v) is 4.44. The maximum atomic E-state index is 11.7. The third-order valence-electron chi connectivity index (χ3n) is 2.24. The van der Waals surface area contributed by atoms with Crippen molar-refractivity contribution in [3.8, 4) is 5.75 Å². The van der Waals surface area contributed by atoms with Crippen LogP contribution in [0, 0.1) is 0 Å². The molecule has 3 nitrogen and oxygen atoms in total. The predicted octanol–water partition coefficient (Wildman–Crippen LogP) is 3.83. The number of hydrogen-bond acceptors (Lipinski definition) is 3. The number of methoxy groups -OCH3 is 1. The highest BCUT2D eigenvalue weighted by Gasteiger charge is 2.22. The Hall–Kier alpha value is -0.930. The Bertz CT molecular complexity index is 416. The lowest BCUT2D eigenvalue weighted by atomic mass is 10.1. The molecule has 0 bridgehead atoms. The monoisotopic (exact) mass is 276 g/mol. The van der Waals surface area contributed by atoms with Gasteiger partial charge in [-0.25, -0.2) is 4.79 Å². The number of carbonyl (C=O) groups excluding carboxylic acids is 1. The summed E-state index contributed by atoms with van der Waals surface area (Å²) >= 11 is 12.0. The van der Waals surface area contributed by atoms with Crippen LogP contribution in [-0.2, 0) is 4.74 Å². The average molecular weight is 277 g/mol. The predicted molar refractivity (Wildman–Crippen MR) is 68.2 cm³/mol. The van der Waals surface area contributed by atoms with Crippen molar-refractivity contribution in [2.75, 3.05) is 13.7 Å². The van der Waals surface area contributed by atoms with Crippen molar-refractivity contribution in [3.63, 3.8) is 0 Å². The van der Waals surface area contributed by atoms with E-state index >= 15 is 0 Å². The van der Waals surface area contributed by atoms with Gasteiger partial charge in [0.05, 0.1) is 24.1 Å². The summed E-state index contributed by atoms with van der Waals surface area (Å²) in [7, 11) is 1.30. The molecule has 1 rings (SSSR count). The molecule has 0 heterocycles. The minimum Gasteiger partial charge on any atom is -0.493 e. The standard InChI is InChI=1S/C12H14Cl2O3/c1-4-17-11-8(7(2)13)5-6-9(14)10(11)12(15)16-3/h5-7H,4H2,1-3H3. The third-order valence-corrected chi connectivity index (χ3v) is 2.79. The molecule has 5 heteroatoms. The molecule has 1 unspecified atom stereocenters. The maximum Gasteiger partial charge on any atom is 0.343 e. The molecule has 0 aliphatic heterocycles. The van der Waals surface area contributed by atoms with Crippen LogP contribution in [0.4, 0.5) is 0 Å². The Morgan fingerprint density at radius 3 is 2.59 bits per heavy atom. The number of hydrogen-bond donors (Lipinski definition) is 0. The molecule has 0 amide bonds. The summed E-state index contributed by atoms with van der Waals surface area (Å²) in [5.74, 6) is -0.132. The molecule has 1 aromatic carbocycles. The number of carbonyl (C=O) groups is 1. The Kier molecular flexibility index (Phi) is 5.09. The zero-order valence-electron chi connectivity index (χ0n) is 9.92. The minimum absolute atomic E-state index is 0.223. The zero-order valence-corrected chi connectivity index (χ0v) is 11.4. The molecule has 17 heavy (non-hydrogen) atoms. The highest BCUT2D eigenvalue weighted by molar-refractivity contribution is 6.34. The van der Waals surface area contributed by atoms with Crippen LogP contribution < -0.4 is 4.74 Å². The lowest BCUT2D eigenvalue weighted by Gasteiger charge is -2.16. The number of alkyl halides is 1. The minimum atomic E-state index is -0.530. The number of esters is 1. The van der Waals surface area contributed by atoms with Crippen LogP contribution in [0.1, 0.15) is 35.1 Å². The van der Waals surface area contributed by atoms with Gasteiger partial charge in [-0.15, -0.1) is 11.6 Å². The summed E-state index contributed by atoms with van der Waals surface area (Å²) in [6.45, 7) is 4.04. The van der Waals surface area contributed by atoms with E-state index in [2.05, 4.69) is 0 Å². The van der Waals surface area contributed by atoms with Crippen molar-refractivity contribution in [2.45, 2.75) is 19.2 Å². The van der Waals surface area contributed by atoms with Crippen molar-refractivity contribution >= 4 is 29.2 Å². The van der Waals surface area contributed by atoms with Crippen molar-refractivity contribution in [1.29, 1.82) is 0 Å². The summed E-state index contributed by atoms with van der Waals surface area (Å²) in [6.07, 6.45) is 0. The van der Waals surface area contributed by atoms with E-state index in [4.69, 9.17) is 32.7 Å². The van der Waals surface area contributed by atoms with Gasteiger partial charge in [0, 0.05) is 5.56 Å². The first kappa shape index (κ1) is 14.1. The van der Waals surface area contributed by atoms with E-state index in [0.29, 0.717) is 17.4 Å². The van der Waals surface area contributed by atoms with Crippen LogP contribution in [-0.4, -0.2) is 19.7 Å². The molecule has 0 aliphatic carbocycles. The number of rotatable bonds is 4. The van der Waals surface area contributed by atoms with Gasteiger partial charge in [0.15, 0.2) is 0 Å². The third kappa shape index (κ3) is 3.05. The molecule has 0 aromatic heterocycles. The Morgan fingerprint density at radius 1 is 1.47 bits per heavy atom. The molecule has 0 radical (unpaired) electrons. The van der Waals surface area contributed by atoms with Gasteiger partial charge in [0.2, 0.25) is 0 Å². The molecule has 0 N–H and O–H groups in total. The van der Waals surface area contributed by atoms with E-state index in [1.54, 1.807) is 19.1 Å². The van der Waals surface area contributed by atoms with E-state index in [-0.39, 0.29) is 10.9 Å². The lowest BCUT2D eigenvalue weighted by Crippen LogP contribution is -2.09. The molecule has 0 fully saturated rings. The van der Waals surface area contributed by atoms with Crippen molar-refractivity contribution in [2.24, 2.45) is 0 Å². The van der Waals surface area contributed by atoms with Crippen molar-refractivity contribution < 1.29 is 14.3 Å². The fraction of sp³-hybridized carbons (Fsp3) is 0.417. The van der Waals surface area contributed by atoms with Gasteiger partial charge in [-0.1, -0.05) is 17.7 Å². The second-order valence-electron chi connectivity index (χ2n) is 3.38. The van der Waals surface area contributed by atoms with E-state index in [0.717, 1.165) is 5.56 Å². The van der Waals surface area contributed by atoms with Gasteiger partial charge in [0.1, 0.15) is 11.3 Å². The Labute approximate surface area is 111 Å². The molecule has 0 saturated heterocycles. The first-order chi connectivity index (χ1) is 8.02. The number of ether oxygens (including phenoxy) is 2. The van der Waals surface area contributed by atoms with E-state index in [1.807, 2.05) is 6.92 Å². The average Bonchev–Trinajstić information content (AvgIpc) is 2.28. The largest absolute Gasteiger partial charge is 0.493 e. The summed E-state index contributed by atoms with van der Waals surface area (Å²) in [4.78, 5) is 11.7. The zero-order chi connectivity index (χ0) is 13.0. The fourth-order valence-corrected chi connectivity index (χ4v) is 1.88. The van der Waals surface area contributed by atoms with Crippen molar-refractivity contribution in [1.82, 2.24) is 0 Å². The molecule has 0 spiro atoms. The first-order valence-corrected chi connectivity index (χ1v) is 6.01. The van der Waals surface area contributed by atoms with E-state index < -0.39 is 5.97 Å². The van der Waals surface area contributed by atoms with Crippen LogP contribution in [0.2, 0.25) is 5.02 Å². The quantitative estimate of drug-likeness (QED) is 0.620. The van der Waals surface area contributed by atoms with Gasteiger partial charge in [0.25, 0.3) is 0 Å². The normalized spacial score (nSPS) is 12.1. The molecule has 0 aliphatic rings. The summed E-state index contributed by atoms with van der Waals surface area (Å²) in [5, 5.41) is 0.0126. The van der Waals surface area contributed by atoms with Crippen LogP contribution in [0.25, 0.3) is 0 Å². The maximum absolute atomic E-state index is 11.7. The fourth-order valence-electron chi connectivity index (χ4n) is 1.48. The van der Waals surface area contributed by atoms with E-state index in [1.165, 1.54) is 7.11 Å². The van der Waals surface area contributed by atoms with Gasteiger partial charge in [-0.3, -0.25) is 0 Å². The van der Waals surface area contributed by atoms with Crippen LogP contribution in [0.3, 0.4) is 0 Å². The SMILES string of the molecule is CCOc1c(C(C)Cl)ccc(Cl)c1C(=O)OC. The van der Waals surface area contributed by atoms with Gasteiger partial charge in [-0.2, -0.15) is 0 Å².